The second-order valence-electron chi connectivity index (χ2n) is 7.95. The number of nitrogens with one attached hydrogen (secondary N) is 4. The number of anilines is 1. The third-order valence-corrected chi connectivity index (χ3v) is 7.77. The van der Waals surface area contributed by atoms with Gasteiger partial charge in [0.05, 0.1) is 10.6 Å². The van der Waals surface area contributed by atoms with Crippen LogP contribution in [0.3, 0.4) is 0 Å². The molecule has 0 unspecified atom stereocenters. The van der Waals surface area contributed by atoms with Gasteiger partial charge < -0.3 is 21.1 Å². The van der Waals surface area contributed by atoms with E-state index in [1.54, 1.807) is 41.7 Å². The van der Waals surface area contributed by atoms with Gasteiger partial charge in [-0.2, -0.15) is 4.72 Å². The van der Waals surface area contributed by atoms with Crippen LogP contribution in [-0.2, 0) is 14.8 Å². The van der Waals surface area contributed by atoms with E-state index in [4.69, 9.17) is 0 Å². The third kappa shape index (κ3) is 6.47. The van der Waals surface area contributed by atoms with Gasteiger partial charge in [0, 0.05) is 35.5 Å². The lowest BCUT2D eigenvalue weighted by Gasteiger charge is -2.15. The van der Waals surface area contributed by atoms with Crippen LogP contribution < -0.4 is 20.7 Å². The van der Waals surface area contributed by atoms with Gasteiger partial charge >= 0.3 is 5.97 Å². The zero-order chi connectivity index (χ0) is 25.5. The van der Waals surface area contributed by atoms with Gasteiger partial charge in [-0.25, -0.2) is 8.42 Å². The molecule has 1 aromatic heterocycles. The van der Waals surface area contributed by atoms with Crippen LogP contribution in [0.5, 0.6) is 0 Å². The molecule has 0 bridgehead atoms. The molecule has 0 saturated heterocycles. The Morgan fingerprint density at radius 3 is 2.53 bits per heavy atom. The molecule has 188 valence electrons. The second kappa shape index (κ2) is 11.3. The average molecular weight is 528 g/mol. The minimum Gasteiger partial charge on any atom is -0.480 e. The van der Waals surface area contributed by atoms with E-state index in [0.717, 1.165) is 41.6 Å². The number of carbonyl (C=O) groups is 2. The van der Waals surface area contributed by atoms with Crippen LogP contribution in [0.15, 0.2) is 75.9 Å². The van der Waals surface area contributed by atoms with Crippen LogP contribution in [0.25, 0.3) is 10.4 Å². The number of hydrogen-bond acceptors (Lipinski definition) is 8. The number of carbonyl (C=O) groups excluding carboxylic acids is 1. The molecule has 1 aliphatic heterocycles. The van der Waals surface area contributed by atoms with Crippen LogP contribution >= 0.6 is 11.3 Å². The average Bonchev–Trinajstić information content (AvgIpc) is 3.36. The van der Waals surface area contributed by atoms with Gasteiger partial charge in [-0.1, -0.05) is 30.3 Å². The fourth-order valence-electron chi connectivity index (χ4n) is 3.42. The predicted molar refractivity (Wildman–Crippen MR) is 139 cm³/mol. The van der Waals surface area contributed by atoms with Gasteiger partial charge in [-0.3, -0.25) is 14.6 Å². The van der Waals surface area contributed by atoms with Crippen LogP contribution in [0.1, 0.15) is 16.8 Å². The summed E-state index contributed by atoms with van der Waals surface area (Å²) in [7, 11) is -4.06. The molecule has 1 atom stereocenters. The van der Waals surface area contributed by atoms with Crippen molar-refractivity contribution in [3.8, 4) is 10.4 Å². The Labute approximate surface area is 212 Å². The van der Waals surface area contributed by atoms with Crippen molar-refractivity contribution in [2.24, 2.45) is 4.99 Å². The predicted octanol–water partition coefficient (Wildman–Crippen LogP) is 2.34. The van der Waals surface area contributed by atoms with E-state index in [0.29, 0.717) is 5.56 Å². The molecule has 1 aliphatic rings. The van der Waals surface area contributed by atoms with Crippen molar-refractivity contribution in [3.63, 3.8) is 0 Å². The highest BCUT2D eigenvalue weighted by Crippen LogP contribution is 2.30. The molecule has 5 N–H and O–H groups in total. The maximum Gasteiger partial charge on any atom is 0.323 e. The van der Waals surface area contributed by atoms with E-state index in [1.807, 2.05) is 11.4 Å². The molecule has 36 heavy (non-hydrogen) atoms. The highest BCUT2D eigenvalue weighted by Gasteiger charge is 2.26. The summed E-state index contributed by atoms with van der Waals surface area (Å²) < 4.78 is 27.0. The van der Waals surface area contributed by atoms with Crippen LogP contribution in [0, 0.1) is 0 Å². The summed E-state index contributed by atoms with van der Waals surface area (Å²) in [6.45, 7) is 1.26. The largest absolute Gasteiger partial charge is 0.480 e. The Hall–Kier alpha value is -3.74. The first-order valence-corrected chi connectivity index (χ1v) is 13.5. The minimum absolute atomic E-state index is 0.0620. The number of guanidine groups is 1. The standard InChI is InChI=1S/C24H25N5O5S2/c30-22(27-14-20(23(31)32)29-36(33,34)19-5-2-1-3-6-19)17-9-7-16(8-10-17)21-13-18(15-35-21)28-24-25-11-4-12-26-24/h1-3,5-10,13,15,20,29H,4,11-12,14H2,(H,27,30)(H,31,32)(H2,25,26,28)/t20-/m0/s1. The molecule has 0 radical (unpaired) electrons. The first-order valence-electron chi connectivity index (χ1n) is 11.1. The molecule has 4 rings (SSSR count). The Kier molecular flexibility index (Phi) is 7.98. The van der Waals surface area contributed by atoms with E-state index in [9.17, 15) is 23.1 Å². The Morgan fingerprint density at radius 2 is 1.86 bits per heavy atom. The van der Waals surface area contributed by atoms with Crippen molar-refractivity contribution < 1.29 is 23.1 Å². The number of thiophene rings is 1. The first-order chi connectivity index (χ1) is 17.3. The number of aliphatic carboxylic acids is 1. The molecule has 2 heterocycles. The molecule has 0 aliphatic carbocycles. The number of amides is 1. The van der Waals surface area contributed by atoms with E-state index >= 15 is 0 Å². The van der Waals surface area contributed by atoms with Gasteiger partial charge in [-0.05, 0) is 42.3 Å². The maximum absolute atomic E-state index is 12.6. The summed E-state index contributed by atoms with van der Waals surface area (Å²) in [5.74, 6) is -1.16. The normalized spacial score (nSPS) is 14.3. The van der Waals surface area contributed by atoms with Crippen molar-refractivity contribution in [2.45, 2.75) is 17.4 Å². The lowest BCUT2D eigenvalue weighted by Crippen LogP contribution is -2.48. The number of aliphatic imine (C=N–C) groups is 1. The maximum atomic E-state index is 12.6. The van der Waals surface area contributed by atoms with Crippen molar-refractivity contribution in [1.82, 2.24) is 15.4 Å². The SMILES string of the molecule is O=C(NC[C@H](NS(=O)(=O)c1ccccc1)C(=O)O)c1ccc(-c2cc(NC3=NCCCN3)cs2)cc1. The molecule has 0 saturated carbocycles. The van der Waals surface area contributed by atoms with Crippen molar-refractivity contribution in [2.75, 3.05) is 25.0 Å². The number of carboxylic acids is 1. The first kappa shape index (κ1) is 25.4. The Bertz CT molecular complexity index is 1360. The number of sulfonamides is 1. The number of hydrogen-bond donors (Lipinski definition) is 5. The number of rotatable bonds is 9. The Balaban J connectivity index is 1.35. The lowest BCUT2D eigenvalue weighted by molar-refractivity contribution is -0.138. The molecular formula is C24H25N5O5S2. The molecule has 0 spiro atoms. The van der Waals surface area contributed by atoms with Gasteiger partial charge in [-0.15, -0.1) is 11.3 Å². The highest BCUT2D eigenvalue weighted by atomic mass is 32.2. The summed E-state index contributed by atoms with van der Waals surface area (Å²) in [6, 6.07) is 14.8. The van der Waals surface area contributed by atoms with E-state index in [-0.39, 0.29) is 4.90 Å². The summed E-state index contributed by atoms with van der Waals surface area (Å²) in [4.78, 5) is 29.5. The number of nitrogens with zero attached hydrogens (tertiary/aromatic N) is 1. The lowest BCUT2D eigenvalue weighted by atomic mass is 10.1. The fourth-order valence-corrected chi connectivity index (χ4v) is 5.48. The summed E-state index contributed by atoms with van der Waals surface area (Å²) in [5.41, 5.74) is 2.16. The van der Waals surface area contributed by atoms with Crippen LogP contribution in [-0.4, -0.2) is 57.0 Å². The summed E-state index contributed by atoms with van der Waals surface area (Å²) in [6.07, 6.45) is 1.01. The van der Waals surface area contributed by atoms with Crippen molar-refractivity contribution >= 4 is 44.9 Å². The zero-order valence-electron chi connectivity index (χ0n) is 19.1. The van der Waals surface area contributed by atoms with E-state index < -0.39 is 34.5 Å². The Morgan fingerprint density at radius 1 is 1.11 bits per heavy atom. The monoisotopic (exact) mass is 527 g/mol. The van der Waals surface area contributed by atoms with Gasteiger partial charge in [0.15, 0.2) is 5.96 Å². The molecule has 1 amide bonds. The van der Waals surface area contributed by atoms with Crippen molar-refractivity contribution in [3.05, 3.63) is 71.6 Å². The van der Waals surface area contributed by atoms with Crippen LogP contribution in [0.4, 0.5) is 5.69 Å². The molecular weight excluding hydrogens is 502 g/mol. The number of benzene rings is 2. The molecule has 12 heteroatoms. The fraction of sp³-hybridized carbons (Fsp3) is 0.208. The minimum atomic E-state index is -4.06. The van der Waals surface area contributed by atoms with E-state index in [1.165, 1.54) is 24.3 Å². The van der Waals surface area contributed by atoms with Gasteiger partial charge in [0.1, 0.15) is 6.04 Å². The molecule has 2 aromatic carbocycles. The smallest absolute Gasteiger partial charge is 0.323 e. The summed E-state index contributed by atoms with van der Waals surface area (Å²) >= 11 is 1.55. The molecule has 0 fully saturated rings. The van der Waals surface area contributed by atoms with Gasteiger partial charge in [0.25, 0.3) is 5.91 Å². The zero-order valence-corrected chi connectivity index (χ0v) is 20.7. The second-order valence-corrected chi connectivity index (χ2v) is 10.6. The van der Waals surface area contributed by atoms with Gasteiger partial charge in [0.2, 0.25) is 10.0 Å². The molecule has 10 nitrogen and oxygen atoms in total. The number of carboxylic acid groups (broad SMARTS) is 1. The topological polar surface area (TPSA) is 149 Å². The summed E-state index contributed by atoms with van der Waals surface area (Å²) in [5, 5.41) is 20.4. The quantitative estimate of drug-likeness (QED) is 0.287. The molecule has 3 aromatic rings. The van der Waals surface area contributed by atoms with Crippen molar-refractivity contribution in [1.29, 1.82) is 0 Å². The third-order valence-electron chi connectivity index (χ3n) is 5.31. The van der Waals surface area contributed by atoms with Crippen LogP contribution in [0.2, 0.25) is 0 Å². The van der Waals surface area contributed by atoms with E-state index in [2.05, 4.69) is 25.7 Å². The highest BCUT2D eigenvalue weighted by molar-refractivity contribution is 7.89.